The minimum atomic E-state index is 1.23. The molecule has 0 saturated heterocycles. The summed E-state index contributed by atoms with van der Waals surface area (Å²) in [6, 6.07) is 0. The predicted molar refractivity (Wildman–Crippen MR) is 42.6 cm³/mol. The van der Waals surface area contributed by atoms with Crippen molar-refractivity contribution in [3.8, 4) is 0 Å². The molecule has 1 aliphatic rings. The maximum atomic E-state index is 4.20. The Bertz CT molecular complexity index is 81.8. The van der Waals surface area contributed by atoms with Crippen LogP contribution in [-0.2, 0) is 15.1 Å². The molecule has 0 aromatic rings. The van der Waals surface area contributed by atoms with Crippen molar-refractivity contribution in [2.45, 2.75) is 25.7 Å². The minimum absolute atomic E-state index is 1.23. The van der Waals surface area contributed by atoms with Gasteiger partial charge in [0.1, 0.15) is 0 Å². The molecule has 0 aromatic heterocycles. The van der Waals surface area contributed by atoms with E-state index >= 15 is 0 Å². The van der Waals surface area contributed by atoms with Gasteiger partial charge in [-0.2, -0.15) is 0 Å². The quantitative estimate of drug-likeness (QED) is 0.422. The molecule has 0 radical (unpaired) electrons. The van der Waals surface area contributed by atoms with Gasteiger partial charge in [0.05, 0.1) is 0 Å². The molecule has 0 bridgehead atoms. The molecule has 1 rings (SSSR count). The Labute approximate surface area is 75.4 Å². The van der Waals surface area contributed by atoms with Crippen LogP contribution in [0.5, 0.6) is 0 Å². The average molecular weight is 207 g/mol. The molecular formula is C8H12ClCu. The summed E-state index contributed by atoms with van der Waals surface area (Å²) in [4.78, 5) is 0. The van der Waals surface area contributed by atoms with E-state index in [9.17, 15) is 0 Å². The van der Waals surface area contributed by atoms with E-state index in [1.807, 2.05) is 0 Å². The average Bonchev–Trinajstić information content (AvgIpc) is 1.90. The Balaban J connectivity index is 0.000000371. The van der Waals surface area contributed by atoms with Crippen LogP contribution in [0.1, 0.15) is 25.7 Å². The first kappa shape index (κ1) is 10.3. The van der Waals surface area contributed by atoms with E-state index in [0.717, 1.165) is 0 Å². The van der Waals surface area contributed by atoms with Crippen LogP contribution in [0.25, 0.3) is 0 Å². The summed E-state index contributed by atoms with van der Waals surface area (Å²) >= 11 is 3.66. The van der Waals surface area contributed by atoms with E-state index in [0.29, 0.717) is 0 Å². The molecule has 2 heteroatoms. The molecule has 1 aliphatic carbocycles. The standard InChI is InChI=1S/C8H12.ClH.Cu/c1-2-4-6-8-7-5-3-1;;/h1-2,7-8H,3-6H2;1H;/q;;+1/p-1/b2-1-,8-7-;;. The fourth-order valence-corrected chi connectivity index (χ4v) is 0.856. The van der Waals surface area contributed by atoms with Gasteiger partial charge in [-0.05, 0) is 25.7 Å². The zero-order chi connectivity index (χ0) is 7.66. The van der Waals surface area contributed by atoms with E-state index in [4.69, 9.17) is 0 Å². The van der Waals surface area contributed by atoms with Crippen molar-refractivity contribution >= 4 is 10.1 Å². The first-order chi connectivity index (χ1) is 5.00. The van der Waals surface area contributed by atoms with Crippen molar-refractivity contribution in [3.63, 3.8) is 0 Å². The van der Waals surface area contributed by atoms with Gasteiger partial charge in [0.25, 0.3) is 0 Å². The van der Waals surface area contributed by atoms with Gasteiger partial charge in [0.15, 0.2) is 0 Å². The van der Waals surface area contributed by atoms with Crippen molar-refractivity contribution in [2.24, 2.45) is 0 Å². The fourth-order valence-electron chi connectivity index (χ4n) is 0.856. The zero-order valence-electron chi connectivity index (χ0n) is 5.82. The van der Waals surface area contributed by atoms with E-state index in [-0.39, 0.29) is 0 Å². The number of hydrogen-bond acceptors (Lipinski definition) is 0. The van der Waals surface area contributed by atoms with Gasteiger partial charge in [0.2, 0.25) is 0 Å². The van der Waals surface area contributed by atoms with Crippen molar-refractivity contribution in [1.82, 2.24) is 0 Å². The molecule has 62 valence electrons. The normalized spacial score (nSPS) is 23.1. The summed E-state index contributed by atoms with van der Waals surface area (Å²) in [5.41, 5.74) is 0. The first-order valence-corrected chi connectivity index (χ1v) is 4.71. The third-order valence-corrected chi connectivity index (χ3v) is 1.33. The van der Waals surface area contributed by atoms with Crippen molar-refractivity contribution in [3.05, 3.63) is 24.3 Å². The van der Waals surface area contributed by atoms with Crippen molar-refractivity contribution in [2.75, 3.05) is 0 Å². The number of halogens is 1. The molecule has 0 heterocycles. The van der Waals surface area contributed by atoms with Crippen LogP contribution in [0.4, 0.5) is 0 Å². The van der Waals surface area contributed by atoms with Crippen LogP contribution in [0.2, 0.25) is 0 Å². The van der Waals surface area contributed by atoms with Gasteiger partial charge in [-0.3, -0.25) is 0 Å². The summed E-state index contributed by atoms with van der Waals surface area (Å²) in [6.45, 7) is 0. The van der Waals surface area contributed by atoms with E-state index in [2.05, 4.69) is 49.5 Å². The van der Waals surface area contributed by atoms with Gasteiger partial charge in [-0.15, -0.1) is 0 Å². The Morgan fingerprint density at radius 1 is 0.700 bits per heavy atom. The SMILES string of the molecule is C1=C\CC/C=C\CC/1.[Cl][Cu]. The van der Waals surface area contributed by atoms with Crippen molar-refractivity contribution < 1.29 is 15.1 Å². The summed E-state index contributed by atoms with van der Waals surface area (Å²) in [5, 5.41) is 0. The van der Waals surface area contributed by atoms with Crippen molar-refractivity contribution in [1.29, 1.82) is 0 Å². The van der Waals surface area contributed by atoms with Gasteiger partial charge < -0.3 is 0 Å². The third kappa shape index (κ3) is 6.41. The van der Waals surface area contributed by atoms with Crippen LogP contribution >= 0.6 is 10.1 Å². The molecule has 0 unspecified atom stereocenters. The summed E-state index contributed by atoms with van der Waals surface area (Å²) in [6.07, 6.45) is 14.0. The zero-order valence-corrected chi connectivity index (χ0v) is 7.51. The van der Waals surface area contributed by atoms with Gasteiger partial charge in [-0.1, -0.05) is 24.3 Å². The summed E-state index contributed by atoms with van der Waals surface area (Å²) in [5.74, 6) is 0. The molecule has 0 aliphatic heterocycles. The topological polar surface area (TPSA) is 0 Å². The summed E-state index contributed by atoms with van der Waals surface area (Å²) in [7, 11) is 4.20. The molecule has 0 N–H and O–H groups in total. The molecule has 0 saturated carbocycles. The Morgan fingerprint density at radius 2 is 0.900 bits per heavy atom. The first-order valence-electron chi connectivity index (χ1n) is 3.41. The summed E-state index contributed by atoms with van der Waals surface area (Å²) < 4.78 is 0. The van der Waals surface area contributed by atoms with Crippen LogP contribution in [0.15, 0.2) is 24.3 Å². The molecule has 0 amide bonds. The molecule has 0 fully saturated rings. The molecule has 0 aromatic carbocycles. The number of hydrogen-bond donors (Lipinski definition) is 0. The van der Waals surface area contributed by atoms with Crippen LogP contribution in [0.3, 0.4) is 0 Å². The molecule has 10 heavy (non-hydrogen) atoms. The Morgan fingerprint density at radius 3 is 1.10 bits per heavy atom. The molecule has 0 nitrogen and oxygen atoms in total. The molecule has 0 atom stereocenters. The van der Waals surface area contributed by atoms with Crippen LogP contribution in [-0.4, -0.2) is 0 Å². The Kier molecular flexibility index (Phi) is 9.56. The van der Waals surface area contributed by atoms with E-state index in [1.165, 1.54) is 25.7 Å². The molecule has 0 spiro atoms. The van der Waals surface area contributed by atoms with Crippen LogP contribution < -0.4 is 0 Å². The third-order valence-electron chi connectivity index (χ3n) is 1.33. The maximum absolute atomic E-state index is 4.20. The predicted octanol–water partition coefficient (Wildman–Crippen LogP) is 3.36. The van der Waals surface area contributed by atoms with Crippen LogP contribution in [0, 0.1) is 0 Å². The Hall–Kier alpha value is 0.289. The van der Waals surface area contributed by atoms with Gasteiger partial charge >= 0.3 is 25.2 Å². The number of allylic oxidation sites excluding steroid dienone is 4. The fraction of sp³-hybridized carbons (Fsp3) is 0.500. The monoisotopic (exact) mass is 206 g/mol. The van der Waals surface area contributed by atoms with Gasteiger partial charge in [-0.25, -0.2) is 0 Å². The second-order valence-electron chi connectivity index (χ2n) is 2.10. The molecular weight excluding hydrogens is 195 g/mol. The van der Waals surface area contributed by atoms with E-state index in [1.54, 1.807) is 0 Å². The van der Waals surface area contributed by atoms with E-state index < -0.39 is 0 Å². The number of rotatable bonds is 0. The van der Waals surface area contributed by atoms with Gasteiger partial charge in [0, 0.05) is 0 Å². The second-order valence-corrected chi connectivity index (χ2v) is 2.10. The second kappa shape index (κ2) is 9.29.